The van der Waals surface area contributed by atoms with Gasteiger partial charge in [0.15, 0.2) is 5.82 Å². The second-order valence-electron chi connectivity index (χ2n) is 4.62. The fourth-order valence-corrected chi connectivity index (χ4v) is 1.70. The predicted octanol–water partition coefficient (Wildman–Crippen LogP) is 1.80. The van der Waals surface area contributed by atoms with Gasteiger partial charge in [-0.3, -0.25) is 0 Å². The van der Waals surface area contributed by atoms with Crippen LogP contribution in [0.25, 0.3) is 5.82 Å². The Bertz CT molecular complexity index is 558. The Hall–Kier alpha value is -1.98. The molecule has 2 aromatic rings. The van der Waals surface area contributed by atoms with Crippen LogP contribution in [0.15, 0.2) is 6.20 Å². The van der Waals surface area contributed by atoms with Gasteiger partial charge in [-0.2, -0.15) is 9.67 Å². The summed E-state index contributed by atoms with van der Waals surface area (Å²) in [5.74, 6) is 2.94. The summed E-state index contributed by atoms with van der Waals surface area (Å²) in [4.78, 5) is 13.0. The van der Waals surface area contributed by atoms with E-state index in [0.717, 1.165) is 23.0 Å². The van der Waals surface area contributed by atoms with Gasteiger partial charge in [-0.05, 0) is 34.6 Å². The largest absolute Gasteiger partial charge is 0.352 e. The van der Waals surface area contributed by atoms with Gasteiger partial charge in [-0.15, -0.1) is 5.10 Å². The van der Waals surface area contributed by atoms with Crippen LogP contribution in [0.5, 0.6) is 0 Å². The molecule has 2 heterocycles. The van der Waals surface area contributed by atoms with Gasteiger partial charge in [0.05, 0.1) is 0 Å². The number of aryl methyl sites for hydroxylation is 3. The van der Waals surface area contributed by atoms with Crippen LogP contribution in [-0.4, -0.2) is 30.8 Å². The van der Waals surface area contributed by atoms with Gasteiger partial charge in [-0.1, -0.05) is 0 Å². The molecule has 96 valence electrons. The van der Waals surface area contributed by atoms with Crippen LogP contribution in [0.2, 0.25) is 0 Å². The number of hydrogen-bond acceptors (Lipinski definition) is 5. The lowest BCUT2D eigenvalue weighted by Crippen LogP contribution is -2.15. The van der Waals surface area contributed by atoms with E-state index in [1.807, 2.05) is 34.6 Å². The molecule has 0 unspecified atom stereocenters. The molecule has 0 aliphatic carbocycles. The van der Waals surface area contributed by atoms with Crippen molar-refractivity contribution >= 4 is 5.95 Å². The van der Waals surface area contributed by atoms with E-state index in [0.29, 0.717) is 12.0 Å². The molecule has 0 fully saturated rings. The first-order chi connectivity index (χ1) is 8.47. The molecule has 0 aromatic carbocycles. The molecular weight excluding hydrogens is 228 g/mol. The Morgan fingerprint density at radius 1 is 1.17 bits per heavy atom. The Morgan fingerprint density at radius 3 is 2.44 bits per heavy atom. The molecule has 6 heteroatoms. The first kappa shape index (κ1) is 12.5. The molecule has 0 radical (unpaired) electrons. The monoisotopic (exact) mass is 246 g/mol. The van der Waals surface area contributed by atoms with E-state index in [9.17, 15) is 0 Å². The standard InChI is InChI=1S/C12H18N6/c1-7(2)14-12-13-6-8(3)11(16-12)18-10(5)15-9(4)17-18/h6-7H,1-5H3,(H,13,14,16). The molecule has 0 aliphatic rings. The Balaban J connectivity index is 2.46. The fraction of sp³-hybridized carbons (Fsp3) is 0.500. The molecule has 0 saturated carbocycles. The molecule has 0 aliphatic heterocycles. The number of nitrogens with one attached hydrogen (secondary N) is 1. The molecule has 0 bridgehead atoms. The lowest BCUT2D eigenvalue weighted by Gasteiger charge is -2.11. The van der Waals surface area contributed by atoms with Gasteiger partial charge in [0.25, 0.3) is 0 Å². The van der Waals surface area contributed by atoms with Gasteiger partial charge < -0.3 is 5.32 Å². The summed E-state index contributed by atoms with van der Waals surface area (Å²) >= 11 is 0. The average molecular weight is 246 g/mol. The molecule has 2 aromatic heterocycles. The van der Waals surface area contributed by atoms with Crippen LogP contribution in [0, 0.1) is 20.8 Å². The molecule has 0 saturated heterocycles. The maximum Gasteiger partial charge on any atom is 0.224 e. The van der Waals surface area contributed by atoms with E-state index in [1.165, 1.54) is 0 Å². The summed E-state index contributed by atoms with van der Waals surface area (Å²) in [5, 5.41) is 7.53. The van der Waals surface area contributed by atoms with Gasteiger partial charge in [0.1, 0.15) is 11.6 Å². The first-order valence-corrected chi connectivity index (χ1v) is 5.98. The Kier molecular flexibility index (Phi) is 3.27. The summed E-state index contributed by atoms with van der Waals surface area (Å²) in [6.45, 7) is 9.84. The van der Waals surface area contributed by atoms with E-state index in [1.54, 1.807) is 10.9 Å². The maximum atomic E-state index is 4.50. The molecule has 0 spiro atoms. The van der Waals surface area contributed by atoms with Gasteiger partial charge in [-0.25, -0.2) is 9.97 Å². The Morgan fingerprint density at radius 2 is 1.89 bits per heavy atom. The second-order valence-corrected chi connectivity index (χ2v) is 4.62. The third-order valence-corrected chi connectivity index (χ3v) is 2.44. The SMILES string of the molecule is Cc1nc(C)n(-c2nc(NC(C)C)ncc2C)n1. The molecule has 6 nitrogen and oxygen atoms in total. The normalized spacial score (nSPS) is 11.0. The highest BCUT2D eigenvalue weighted by Gasteiger charge is 2.11. The van der Waals surface area contributed by atoms with Crippen molar-refractivity contribution in [3.63, 3.8) is 0 Å². The molecular formula is C12H18N6. The van der Waals surface area contributed by atoms with Crippen LogP contribution in [0.1, 0.15) is 31.1 Å². The van der Waals surface area contributed by atoms with E-state index < -0.39 is 0 Å². The lowest BCUT2D eigenvalue weighted by molar-refractivity contribution is 0.784. The van der Waals surface area contributed by atoms with Crippen molar-refractivity contribution in [3.8, 4) is 5.82 Å². The summed E-state index contributed by atoms with van der Waals surface area (Å²) < 4.78 is 1.75. The van der Waals surface area contributed by atoms with Crippen molar-refractivity contribution in [2.75, 3.05) is 5.32 Å². The highest BCUT2D eigenvalue weighted by atomic mass is 15.4. The van der Waals surface area contributed by atoms with Crippen LogP contribution < -0.4 is 5.32 Å². The van der Waals surface area contributed by atoms with E-state index >= 15 is 0 Å². The number of anilines is 1. The molecule has 0 atom stereocenters. The van der Waals surface area contributed by atoms with Crippen molar-refractivity contribution in [2.24, 2.45) is 0 Å². The lowest BCUT2D eigenvalue weighted by atomic mass is 10.3. The third-order valence-electron chi connectivity index (χ3n) is 2.44. The highest BCUT2D eigenvalue weighted by molar-refractivity contribution is 5.38. The van der Waals surface area contributed by atoms with Gasteiger partial charge >= 0.3 is 0 Å². The summed E-state index contributed by atoms with van der Waals surface area (Å²) in [6, 6.07) is 0.291. The van der Waals surface area contributed by atoms with Crippen molar-refractivity contribution in [1.29, 1.82) is 0 Å². The Labute approximate surface area is 106 Å². The smallest absolute Gasteiger partial charge is 0.224 e. The van der Waals surface area contributed by atoms with Gasteiger partial charge in [0, 0.05) is 17.8 Å². The quantitative estimate of drug-likeness (QED) is 0.894. The van der Waals surface area contributed by atoms with Crippen LogP contribution in [0.3, 0.4) is 0 Å². The van der Waals surface area contributed by atoms with E-state index in [4.69, 9.17) is 0 Å². The first-order valence-electron chi connectivity index (χ1n) is 5.98. The zero-order valence-electron chi connectivity index (χ0n) is 11.4. The zero-order valence-corrected chi connectivity index (χ0v) is 11.4. The fourth-order valence-electron chi connectivity index (χ4n) is 1.70. The minimum atomic E-state index is 0.291. The third kappa shape index (κ3) is 2.47. The molecule has 0 amide bonds. The summed E-state index contributed by atoms with van der Waals surface area (Å²) in [7, 11) is 0. The van der Waals surface area contributed by atoms with Crippen LogP contribution in [0.4, 0.5) is 5.95 Å². The van der Waals surface area contributed by atoms with Crippen molar-refractivity contribution in [3.05, 3.63) is 23.4 Å². The van der Waals surface area contributed by atoms with Gasteiger partial charge in [0.2, 0.25) is 5.95 Å². The zero-order chi connectivity index (χ0) is 13.3. The predicted molar refractivity (Wildman–Crippen MR) is 69.9 cm³/mol. The highest BCUT2D eigenvalue weighted by Crippen LogP contribution is 2.13. The van der Waals surface area contributed by atoms with E-state index in [-0.39, 0.29) is 0 Å². The summed E-state index contributed by atoms with van der Waals surface area (Å²) in [6.07, 6.45) is 1.80. The van der Waals surface area contributed by atoms with Crippen LogP contribution >= 0.6 is 0 Å². The number of hydrogen-bond donors (Lipinski definition) is 1. The van der Waals surface area contributed by atoms with Crippen molar-refractivity contribution < 1.29 is 0 Å². The topological polar surface area (TPSA) is 68.5 Å². The number of rotatable bonds is 3. The number of nitrogens with zero attached hydrogens (tertiary/aromatic N) is 5. The molecule has 1 N–H and O–H groups in total. The average Bonchev–Trinajstić information content (AvgIpc) is 2.60. The van der Waals surface area contributed by atoms with Crippen molar-refractivity contribution in [2.45, 2.75) is 40.7 Å². The van der Waals surface area contributed by atoms with Crippen molar-refractivity contribution in [1.82, 2.24) is 24.7 Å². The minimum absolute atomic E-state index is 0.291. The minimum Gasteiger partial charge on any atom is -0.352 e. The van der Waals surface area contributed by atoms with Crippen LogP contribution in [-0.2, 0) is 0 Å². The second kappa shape index (κ2) is 4.72. The summed E-state index contributed by atoms with van der Waals surface area (Å²) in [5.41, 5.74) is 0.970. The number of aromatic nitrogens is 5. The molecule has 2 rings (SSSR count). The molecule has 18 heavy (non-hydrogen) atoms. The van der Waals surface area contributed by atoms with E-state index in [2.05, 4.69) is 25.4 Å². The maximum absolute atomic E-state index is 4.50.